The van der Waals surface area contributed by atoms with E-state index < -0.39 is 65.6 Å². The van der Waals surface area contributed by atoms with Crippen molar-refractivity contribution in [1.29, 1.82) is 0 Å². The van der Waals surface area contributed by atoms with Crippen LogP contribution in [0.1, 0.15) is 35.3 Å². The molecule has 13 heteroatoms. The normalized spacial score (nSPS) is 15.8. The lowest BCUT2D eigenvalue weighted by Crippen LogP contribution is -2.57. The van der Waals surface area contributed by atoms with Gasteiger partial charge in [0.05, 0.1) is 10.6 Å². The van der Waals surface area contributed by atoms with Crippen LogP contribution < -0.4 is 5.32 Å². The minimum atomic E-state index is -5.22. The summed E-state index contributed by atoms with van der Waals surface area (Å²) in [6.45, 7) is 2.62. The molecule has 10 nitrogen and oxygen atoms in total. The minimum absolute atomic E-state index is 0.0725. The smallest absolute Gasteiger partial charge is 0.344 e. The summed E-state index contributed by atoms with van der Waals surface area (Å²) in [6, 6.07) is 17.9. The highest BCUT2D eigenvalue weighted by Crippen LogP contribution is 2.31. The van der Waals surface area contributed by atoms with E-state index in [-0.39, 0.29) is 16.9 Å². The van der Waals surface area contributed by atoms with Gasteiger partial charge in [-0.15, -0.1) is 0 Å². The Labute approximate surface area is 256 Å². The molecule has 4 rings (SSSR count). The van der Waals surface area contributed by atoms with Crippen molar-refractivity contribution in [1.82, 2.24) is 15.1 Å². The highest BCUT2D eigenvalue weighted by atomic mass is 19.4. The molecule has 1 aliphatic rings. The molecule has 3 aromatic rings. The molecule has 0 saturated carbocycles. The fourth-order valence-corrected chi connectivity index (χ4v) is 4.99. The molecule has 0 aromatic heterocycles. The van der Waals surface area contributed by atoms with Crippen molar-refractivity contribution in [3.05, 3.63) is 118 Å². The third-order valence-corrected chi connectivity index (χ3v) is 7.15. The summed E-state index contributed by atoms with van der Waals surface area (Å²) >= 11 is 0. The van der Waals surface area contributed by atoms with Crippen LogP contribution in [0.2, 0.25) is 0 Å². The third kappa shape index (κ3) is 7.61. The van der Waals surface area contributed by atoms with Crippen molar-refractivity contribution in [3.63, 3.8) is 0 Å². The number of nitro benzene ring substituents is 1. The number of rotatable bonds is 10. The van der Waals surface area contributed by atoms with E-state index in [0.717, 1.165) is 17.0 Å². The Bertz CT molecular complexity index is 1610. The highest BCUT2D eigenvalue weighted by Gasteiger charge is 2.45. The molecule has 1 heterocycles. The SMILES string of the molecule is CC(C)[C@H]1C(=O)N(CC(=O)N[C@@H](Cc2ccccc2)C(=O)C(F)(F)F)C(c2ccccc2)=CN1C(=O)c1ccc([N+](=O)[O-])cc1. The number of ketones is 1. The predicted octanol–water partition coefficient (Wildman–Crippen LogP) is 4.76. The van der Waals surface area contributed by atoms with Crippen molar-refractivity contribution in [2.75, 3.05) is 6.54 Å². The van der Waals surface area contributed by atoms with E-state index in [1.54, 1.807) is 62.4 Å². The Morgan fingerprint density at radius 1 is 0.933 bits per heavy atom. The molecule has 0 radical (unpaired) electrons. The van der Waals surface area contributed by atoms with Crippen LogP contribution in [-0.2, 0) is 20.8 Å². The van der Waals surface area contributed by atoms with Crippen LogP contribution >= 0.6 is 0 Å². The zero-order valence-corrected chi connectivity index (χ0v) is 24.2. The van der Waals surface area contributed by atoms with Gasteiger partial charge in [0.25, 0.3) is 23.3 Å². The highest BCUT2D eigenvalue weighted by molar-refractivity contribution is 6.04. The van der Waals surface area contributed by atoms with Gasteiger partial charge < -0.3 is 10.2 Å². The number of benzene rings is 3. The number of nitrogens with one attached hydrogen (secondary N) is 1. The first-order chi connectivity index (χ1) is 21.3. The van der Waals surface area contributed by atoms with Crippen LogP contribution in [0.3, 0.4) is 0 Å². The van der Waals surface area contributed by atoms with Crippen LogP contribution in [0.25, 0.3) is 5.70 Å². The number of hydrogen-bond donors (Lipinski definition) is 1. The van der Waals surface area contributed by atoms with Gasteiger partial charge in [-0.2, -0.15) is 13.2 Å². The summed E-state index contributed by atoms with van der Waals surface area (Å²) in [5.74, 6) is -4.95. The Hall–Kier alpha value is -5.33. The number of nitro groups is 1. The Morgan fingerprint density at radius 3 is 2.04 bits per heavy atom. The number of amides is 3. The molecular weight excluding hydrogens is 593 g/mol. The van der Waals surface area contributed by atoms with E-state index in [0.29, 0.717) is 11.1 Å². The molecule has 0 bridgehead atoms. The second-order valence-corrected chi connectivity index (χ2v) is 10.7. The standard InChI is InChI=1S/C32H29F3N4O6/c1-20(2)28-31(43)37(19-27(40)36-25(29(41)32(33,34)35)17-21-9-5-3-6-10-21)26(22-11-7-4-8-12-22)18-38(28)30(42)23-13-15-24(16-14-23)39(44)45/h3-16,18,20,25,28H,17,19H2,1-2H3,(H,36,40)/t25-,28-/m0/s1. The number of alkyl halides is 3. The van der Waals surface area contributed by atoms with Gasteiger partial charge in [0.15, 0.2) is 0 Å². The maximum Gasteiger partial charge on any atom is 0.452 e. The first-order valence-electron chi connectivity index (χ1n) is 13.9. The number of Topliss-reactive ketones (excluding diaryl/α,β-unsaturated/α-hetero) is 1. The maximum atomic E-state index is 14.0. The summed E-state index contributed by atoms with van der Waals surface area (Å²) in [4.78, 5) is 66.0. The van der Waals surface area contributed by atoms with Crippen LogP contribution in [0, 0.1) is 16.0 Å². The second kappa shape index (κ2) is 13.5. The van der Waals surface area contributed by atoms with Crippen LogP contribution in [0.15, 0.2) is 91.1 Å². The molecule has 45 heavy (non-hydrogen) atoms. The third-order valence-electron chi connectivity index (χ3n) is 7.15. The van der Waals surface area contributed by atoms with Gasteiger partial charge in [0, 0.05) is 30.3 Å². The number of hydrogen-bond acceptors (Lipinski definition) is 6. The lowest BCUT2D eigenvalue weighted by molar-refractivity contribution is -0.384. The van der Waals surface area contributed by atoms with Crippen molar-refractivity contribution >= 4 is 34.9 Å². The predicted molar refractivity (Wildman–Crippen MR) is 157 cm³/mol. The number of carbonyl (C=O) groups is 4. The molecule has 0 spiro atoms. The molecule has 0 saturated heterocycles. The monoisotopic (exact) mass is 622 g/mol. The fourth-order valence-electron chi connectivity index (χ4n) is 4.99. The lowest BCUT2D eigenvalue weighted by atomic mass is 9.96. The van der Waals surface area contributed by atoms with E-state index in [2.05, 4.69) is 5.32 Å². The van der Waals surface area contributed by atoms with Gasteiger partial charge in [-0.05, 0) is 29.2 Å². The summed E-state index contributed by atoms with van der Waals surface area (Å²) in [5, 5.41) is 13.2. The minimum Gasteiger partial charge on any atom is -0.344 e. The lowest BCUT2D eigenvalue weighted by Gasteiger charge is -2.41. The summed E-state index contributed by atoms with van der Waals surface area (Å²) in [7, 11) is 0. The molecule has 0 aliphatic carbocycles. The van der Waals surface area contributed by atoms with Crippen molar-refractivity contribution in [2.24, 2.45) is 5.92 Å². The first kappa shape index (κ1) is 32.6. The van der Waals surface area contributed by atoms with Crippen LogP contribution in [0.5, 0.6) is 0 Å². The Balaban J connectivity index is 1.69. The number of nitrogens with zero attached hydrogens (tertiary/aromatic N) is 3. The molecule has 234 valence electrons. The topological polar surface area (TPSA) is 130 Å². The summed E-state index contributed by atoms with van der Waals surface area (Å²) in [6.07, 6.45) is -4.27. The average Bonchev–Trinajstić information content (AvgIpc) is 3.01. The molecule has 2 atom stereocenters. The van der Waals surface area contributed by atoms with Gasteiger partial charge in [-0.25, -0.2) is 0 Å². The Morgan fingerprint density at radius 2 is 1.51 bits per heavy atom. The molecule has 3 aromatic carbocycles. The molecule has 0 fully saturated rings. The summed E-state index contributed by atoms with van der Waals surface area (Å²) in [5.41, 5.74) is 0.774. The fraction of sp³-hybridized carbons (Fsp3) is 0.250. The molecule has 0 unspecified atom stereocenters. The van der Waals surface area contributed by atoms with Gasteiger partial charge in [-0.1, -0.05) is 74.5 Å². The van der Waals surface area contributed by atoms with Crippen molar-refractivity contribution < 1.29 is 37.3 Å². The largest absolute Gasteiger partial charge is 0.452 e. The van der Waals surface area contributed by atoms with E-state index >= 15 is 0 Å². The van der Waals surface area contributed by atoms with E-state index in [1.807, 2.05) is 0 Å². The molecular formula is C32H29F3N4O6. The number of halogens is 3. The van der Waals surface area contributed by atoms with E-state index in [9.17, 15) is 42.5 Å². The van der Waals surface area contributed by atoms with Gasteiger partial charge in [0.2, 0.25) is 5.91 Å². The zero-order chi connectivity index (χ0) is 32.9. The molecule has 1 N–H and O–H groups in total. The quantitative estimate of drug-likeness (QED) is 0.256. The number of non-ortho nitro benzene ring substituents is 1. The van der Waals surface area contributed by atoms with E-state index in [1.165, 1.54) is 35.4 Å². The van der Waals surface area contributed by atoms with E-state index in [4.69, 9.17) is 0 Å². The van der Waals surface area contributed by atoms with Crippen molar-refractivity contribution in [2.45, 2.75) is 38.5 Å². The van der Waals surface area contributed by atoms with Crippen LogP contribution in [-0.4, -0.2) is 63.0 Å². The average molecular weight is 623 g/mol. The van der Waals surface area contributed by atoms with Gasteiger partial charge in [-0.3, -0.25) is 34.2 Å². The van der Waals surface area contributed by atoms with Crippen LogP contribution in [0.4, 0.5) is 18.9 Å². The molecule has 1 aliphatic heterocycles. The maximum absolute atomic E-state index is 14.0. The van der Waals surface area contributed by atoms with Gasteiger partial charge >= 0.3 is 6.18 Å². The summed E-state index contributed by atoms with van der Waals surface area (Å²) < 4.78 is 40.4. The van der Waals surface area contributed by atoms with Crippen molar-refractivity contribution in [3.8, 4) is 0 Å². The second-order valence-electron chi connectivity index (χ2n) is 10.7. The molecule has 3 amide bonds. The zero-order valence-electron chi connectivity index (χ0n) is 24.2. The Kier molecular flexibility index (Phi) is 9.80. The number of carbonyl (C=O) groups excluding carboxylic acids is 4. The van der Waals surface area contributed by atoms with Gasteiger partial charge in [0.1, 0.15) is 18.6 Å². The first-order valence-corrected chi connectivity index (χ1v) is 13.9.